The third kappa shape index (κ3) is 30.2. The Bertz CT molecular complexity index is 2510. The van der Waals surface area contributed by atoms with Gasteiger partial charge in [-0.05, 0) is 83.6 Å². The van der Waals surface area contributed by atoms with Gasteiger partial charge in [-0.25, -0.2) is 4.79 Å². The molecular formula is C53H89N13O23. The monoisotopic (exact) mass is 1280 g/mol. The van der Waals surface area contributed by atoms with Gasteiger partial charge in [-0.1, -0.05) is 41.5 Å². The predicted molar refractivity (Wildman–Crippen MR) is 307 cm³/mol. The van der Waals surface area contributed by atoms with Crippen molar-refractivity contribution in [1.29, 1.82) is 0 Å². The van der Waals surface area contributed by atoms with Crippen LogP contribution < -0.4 is 70.0 Å². The first kappa shape index (κ1) is 80.4. The molecule has 36 heteroatoms. The van der Waals surface area contributed by atoms with Crippen LogP contribution in [0.4, 0.5) is 0 Å². The number of carboxylic acids is 5. The fourth-order valence-electron chi connectivity index (χ4n) is 7.97. The molecule has 0 aliphatic heterocycles. The highest BCUT2D eigenvalue weighted by Gasteiger charge is 2.38. The van der Waals surface area contributed by atoms with Crippen molar-refractivity contribution < 1.29 is 112 Å². The molecule has 0 saturated heterocycles. The summed E-state index contributed by atoms with van der Waals surface area (Å²) in [4.78, 5) is 205. The van der Waals surface area contributed by atoms with Crippen LogP contribution >= 0.6 is 0 Å². The molecule has 0 radical (unpaired) electrons. The molecule has 0 aromatic carbocycles. The molecule has 0 spiro atoms. The van der Waals surface area contributed by atoms with Crippen LogP contribution in [0.3, 0.4) is 0 Å². The molecule has 0 rings (SSSR count). The van der Waals surface area contributed by atoms with Gasteiger partial charge in [0.05, 0.1) is 25.2 Å². The average Bonchev–Trinajstić information content (AvgIpc) is 2.67. The van der Waals surface area contributed by atoms with Gasteiger partial charge >= 0.3 is 29.8 Å². The van der Waals surface area contributed by atoms with Gasteiger partial charge in [0.15, 0.2) is 0 Å². The Morgan fingerprint density at radius 2 is 0.674 bits per heavy atom. The third-order valence-corrected chi connectivity index (χ3v) is 13.3. The van der Waals surface area contributed by atoms with Crippen LogP contribution in [-0.2, 0) is 76.7 Å². The van der Waals surface area contributed by atoms with Crippen LogP contribution in [0.25, 0.3) is 0 Å². The van der Waals surface area contributed by atoms with E-state index in [1.807, 2.05) is 0 Å². The van der Waals surface area contributed by atoms with Gasteiger partial charge in [-0.3, -0.25) is 71.9 Å². The molecule has 22 N–H and O–H groups in total. The lowest BCUT2D eigenvalue weighted by Crippen LogP contribution is -2.62. The first-order valence-electron chi connectivity index (χ1n) is 28.5. The smallest absolute Gasteiger partial charge is 0.326 e. The molecular weight excluding hydrogens is 1190 g/mol. The molecule has 0 fully saturated rings. The van der Waals surface area contributed by atoms with Gasteiger partial charge < -0.3 is 106 Å². The highest BCUT2D eigenvalue weighted by atomic mass is 16.4. The number of carbonyl (C=O) groups is 16. The molecule has 0 bridgehead atoms. The van der Waals surface area contributed by atoms with Gasteiger partial charge in [0.1, 0.15) is 66.5 Å². The number of hydrogen-bond donors (Lipinski definition) is 20. The highest BCUT2D eigenvalue weighted by molar-refractivity contribution is 6.00. The fourth-order valence-corrected chi connectivity index (χ4v) is 7.97. The van der Waals surface area contributed by atoms with Crippen molar-refractivity contribution in [3.63, 3.8) is 0 Å². The summed E-state index contributed by atoms with van der Waals surface area (Å²) >= 11 is 0. The van der Waals surface area contributed by atoms with E-state index in [-0.39, 0.29) is 25.8 Å². The number of aliphatic hydroxyl groups is 2. The Balaban J connectivity index is 6.23. The van der Waals surface area contributed by atoms with E-state index in [4.69, 9.17) is 16.6 Å². The maximum absolute atomic E-state index is 13.7. The lowest BCUT2D eigenvalue weighted by atomic mass is 10.0. The quantitative estimate of drug-likeness (QED) is 0.0252. The molecule has 0 heterocycles. The highest BCUT2D eigenvalue weighted by Crippen LogP contribution is 2.11. The van der Waals surface area contributed by atoms with Crippen LogP contribution in [0, 0.1) is 17.8 Å². The molecule has 0 aliphatic carbocycles. The van der Waals surface area contributed by atoms with Gasteiger partial charge in [-0.2, -0.15) is 0 Å². The zero-order chi connectivity index (χ0) is 68.7. The van der Waals surface area contributed by atoms with E-state index in [2.05, 4.69) is 58.5 Å². The zero-order valence-corrected chi connectivity index (χ0v) is 51.0. The Kier molecular flexibility index (Phi) is 36.1. The fraction of sp³-hybridized carbons (Fsp3) is 0.698. The van der Waals surface area contributed by atoms with E-state index in [1.54, 1.807) is 0 Å². The van der Waals surface area contributed by atoms with E-state index >= 15 is 0 Å². The summed E-state index contributed by atoms with van der Waals surface area (Å²) in [5.74, 6) is -21.5. The lowest BCUT2D eigenvalue weighted by molar-refractivity contribution is -0.144. The van der Waals surface area contributed by atoms with Gasteiger partial charge in [0.2, 0.25) is 65.0 Å². The minimum absolute atomic E-state index is 0.131. The molecule has 504 valence electrons. The van der Waals surface area contributed by atoms with Gasteiger partial charge in [0.25, 0.3) is 0 Å². The number of nitrogens with one attached hydrogen (secondary N) is 11. The molecule has 0 saturated carbocycles. The lowest BCUT2D eigenvalue weighted by Gasteiger charge is -2.29. The normalized spacial score (nSPS) is 15.6. The average molecular weight is 1280 g/mol. The van der Waals surface area contributed by atoms with Crippen LogP contribution in [-0.4, -0.2) is 222 Å². The van der Waals surface area contributed by atoms with Crippen LogP contribution in [0.5, 0.6) is 0 Å². The third-order valence-electron chi connectivity index (χ3n) is 13.3. The topological polar surface area (TPSA) is 599 Å². The molecule has 13 atom stereocenters. The number of carboxylic acid groups (broad SMARTS) is 5. The van der Waals surface area contributed by atoms with Gasteiger partial charge in [-0.15, -0.1) is 0 Å². The molecule has 36 nitrogen and oxygen atoms in total. The van der Waals surface area contributed by atoms with Crippen molar-refractivity contribution >= 4 is 94.8 Å². The molecule has 89 heavy (non-hydrogen) atoms. The number of unbranched alkanes of at least 4 members (excludes halogenated alkanes) is 1. The van der Waals surface area contributed by atoms with Crippen molar-refractivity contribution in [2.24, 2.45) is 29.2 Å². The second-order valence-electron chi connectivity index (χ2n) is 22.0. The Morgan fingerprint density at radius 3 is 1.07 bits per heavy atom. The Morgan fingerprint density at radius 1 is 0.348 bits per heavy atom. The number of rotatable bonds is 43. The van der Waals surface area contributed by atoms with E-state index in [1.165, 1.54) is 41.5 Å². The van der Waals surface area contributed by atoms with Crippen molar-refractivity contribution in [1.82, 2.24) is 58.5 Å². The Hall–Kier alpha value is -8.64. The SMILES string of the molecule is CC(NC(=O)C(CO)NC(=O)C(CCCCN)NC(=O)C(CCC(=O)O)NC(=O)C(N)CCC(=O)O)C(=O)NC(C(=O)NC(C(=O)NC(C)C(=O)NC(C(=O)NC(CC(=O)O)C(=O)NC(CCC(=O)O)C(=O)NC(C(=O)O)C(C)C)C(C)C)C(C)O)C(C)C. The second-order valence-corrected chi connectivity index (χ2v) is 22.0. The number of carbonyl (C=O) groups excluding carboxylic acids is 11. The standard InChI is InChI=1S/C53H89N13O23/c1-22(2)38(50(85)61-32(20-37(75)76)48(83)60-31(15-18-36(73)74)47(82)65-40(24(5)6)53(88)89)63-43(78)26(8)57-52(87)41(27(9)68)66-51(86)39(23(3)4)64-42(77)25(7)56-49(84)33(21-67)62-45(80)29(12-10-11-19-54)59-46(81)30(14-17-35(71)72)58-44(79)28(55)13-16-34(69)70/h22-33,38-41,67-68H,10-21,54-55H2,1-9H3,(H,56,84)(H,57,87)(H,58,79)(H,59,81)(H,60,83)(H,61,85)(H,62,80)(H,63,78)(H,64,77)(H,65,82)(H,66,86)(H,69,70)(H,71,72)(H,73,74)(H,75,76)(H,88,89). The molecule has 0 aliphatic rings. The molecule has 13 unspecified atom stereocenters. The first-order valence-corrected chi connectivity index (χ1v) is 28.5. The molecule has 0 aromatic rings. The van der Waals surface area contributed by atoms with Crippen LogP contribution in [0.15, 0.2) is 0 Å². The largest absolute Gasteiger partial charge is 0.481 e. The van der Waals surface area contributed by atoms with Crippen LogP contribution in [0.2, 0.25) is 0 Å². The number of aliphatic hydroxyl groups excluding tert-OH is 2. The predicted octanol–water partition coefficient (Wildman–Crippen LogP) is -6.69. The minimum atomic E-state index is -1.97. The number of amides is 11. The van der Waals surface area contributed by atoms with Crippen molar-refractivity contribution in [3.05, 3.63) is 0 Å². The van der Waals surface area contributed by atoms with Gasteiger partial charge in [0, 0.05) is 19.3 Å². The first-order chi connectivity index (χ1) is 41.3. The minimum Gasteiger partial charge on any atom is -0.481 e. The summed E-state index contributed by atoms with van der Waals surface area (Å²) < 4.78 is 0. The summed E-state index contributed by atoms with van der Waals surface area (Å²) in [5.41, 5.74) is 11.4. The van der Waals surface area contributed by atoms with E-state index < -0.39 is 236 Å². The summed E-state index contributed by atoms with van der Waals surface area (Å²) in [7, 11) is 0. The summed E-state index contributed by atoms with van der Waals surface area (Å²) in [6.07, 6.45) is -5.66. The number of aliphatic carboxylic acids is 5. The van der Waals surface area contributed by atoms with Crippen molar-refractivity contribution in [2.75, 3.05) is 13.2 Å². The second kappa shape index (κ2) is 40.0. The zero-order valence-electron chi connectivity index (χ0n) is 51.0. The summed E-state index contributed by atoms with van der Waals surface area (Å²) in [6, 6.07) is -19.5. The maximum Gasteiger partial charge on any atom is 0.326 e. The number of nitrogens with two attached hydrogens (primary N) is 2. The van der Waals surface area contributed by atoms with E-state index in [0.717, 1.165) is 20.8 Å². The Labute approximate surface area is 512 Å². The van der Waals surface area contributed by atoms with Crippen molar-refractivity contribution in [3.8, 4) is 0 Å². The van der Waals surface area contributed by atoms with Crippen molar-refractivity contribution in [2.45, 2.75) is 205 Å². The number of hydrogen-bond acceptors (Lipinski definition) is 20. The maximum atomic E-state index is 13.7. The molecule has 0 aromatic heterocycles. The summed E-state index contributed by atoms with van der Waals surface area (Å²) in [5, 5.41) is 92.4. The van der Waals surface area contributed by atoms with E-state index in [0.29, 0.717) is 6.42 Å². The van der Waals surface area contributed by atoms with E-state index in [9.17, 15) is 107 Å². The molecule has 11 amide bonds. The van der Waals surface area contributed by atoms with Crippen LogP contribution in [0.1, 0.15) is 127 Å². The summed E-state index contributed by atoms with van der Waals surface area (Å²) in [6.45, 7) is 11.2.